The quantitative estimate of drug-likeness (QED) is 0.868. The molecule has 0 bridgehead atoms. The van der Waals surface area contributed by atoms with Crippen LogP contribution in [0.5, 0.6) is 0 Å². The first kappa shape index (κ1) is 11.7. The van der Waals surface area contributed by atoms with E-state index in [2.05, 4.69) is 46.4 Å². The van der Waals surface area contributed by atoms with Crippen molar-refractivity contribution in [1.82, 2.24) is 5.32 Å². The molecule has 0 spiro atoms. The zero-order valence-electron chi connectivity index (χ0n) is 8.55. The van der Waals surface area contributed by atoms with Crippen molar-refractivity contribution >= 4 is 15.9 Å². The molecule has 0 amide bonds. The molecule has 0 fully saturated rings. The SMILES string of the molecule is Cc1ccc(CNCC(C)O)c(Br)c1. The second kappa shape index (κ2) is 5.49. The minimum atomic E-state index is -0.292. The fourth-order valence-corrected chi connectivity index (χ4v) is 1.84. The maximum atomic E-state index is 9.07. The summed E-state index contributed by atoms with van der Waals surface area (Å²) in [7, 11) is 0. The van der Waals surface area contributed by atoms with Crippen molar-refractivity contribution in [1.29, 1.82) is 0 Å². The molecule has 1 aromatic carbocycles. The summed E-state index contributed by atoms with van der Waals surface area (Å²) in [6, 6.07) is 6.28. The van der Waals surface area contributed by atoms with Crippen LogP contribution in [0.2, 0.25) is 0 Å². The zero-order valence-corrected chi connectivity index (χ0v) is 10.1. The summed E-state index contributed by atoms with van der Waals surface area (Å²) in [6.07, 6.45) is -0.292. The van der Waals surface area contributed by atoms with E-state index in [-0.39, 0.29) is 6.10 Å². The average Bonchev–Trinajstić information content (AvgIpc) is 2.08. The molecule has 1 aromatic rings. The molecule has 0 aliphatic rings. The summed E-state index contributed by atoms with van der Waals surface area (Å²) < 4.78 is 1.12. The summed E-state index contributed by atoms with van der Waals surface area (Å²) in [5.74, 6) is 0. The second-order valence-corrected chi connectivity index (χ2v) is 4.43. The monoisotopic (exact) mass is 257 g/mol. The lowest BCUT2D eigenvalue weighted by Crippen LogP contribution is -2.23. The first-order valence-electron chi connectivity index (χ1n) is 4.73. The molecule has 1 rings (SSSR count). The fourth-order valence-electron chi connectivity index (χ4n) is 1.21. The van der Waals surface area contributed by atoms with Crippen molar-refractivity contribution in [3.8, 4) is 0 Å². The highest BCUT2D eigenvalue weighted by Crippen LogP contribution is 2.17. The first-order valence-corrected chi connectivity index (χ1v) is 5.52. The number of hydrogen-bond donors (Lipinski definition) is 2. The largest absolute Gasteiger partial charge is 0.392 e. The van der Waals surface area contributed by atoms with Crippen molar-refractivity contribution in [3.05, 3.63) is 33.8 Å². The number of aliphatic hydroxyl groups excluding tert-OH is 1. The molecule has 0 aliphatic carbocycles. The number of hydrogen-bond acceptors (Lipinski definition) is 2. The lowest BCUT2D eigenvalue weighted by molar-refractivity contribution is 0.191. The van der Waals surface area contributed by atoms with Gasteiger partial charge in [0.2, 0.25) is 0 Å². The molecular weight excluding hydrogens is 242 g/mol. The van der Waals surface area contributed by atoms with Gasteiger partial charge < -0.3 is 10.4 Å². The van der Waals surface area contributed by atoms with Crippen molar-refractivity contribution in [2.45, 2.75) is 26.5 Å². The van der Waals surface area contributed by atoms with E-state index in [0.717, 1.165) is 11.0 Å². The van der Waals surface area contributed by atoms with Gasteiger partial charge in [-0.25, -0.2) is 0 Å². The standard InChI is InChI=1S/C11H16BrNO/c1-8-3-4-10(11(12)5-8)7-13-6-9(2)14/h3-5,9,13-14H,6-7H2,1-2H3. The van der Waals surface area contributed by atoms with Crippen LogP contribution in [0.1, 0.15) is 18.1 Å². The summed E-state index contributed by atoms with van der Waals surface area (Å²) in [4.78, 5) is 0. The Labute approximate surface area is 93.5 Å². The van der Waals surface area contributed by atoms with Gasteiger partial charge in [-0.05, 0) is 31.0 Å². The molecule has 78 valence electrons. The van der Waals surface area contributed by atoms with Crippen LogP contribution in [0.3, 0.4) is 0 Å². The molecular formula is C11H16BrNO. The molecule has 0 saturated heterocycles. The summed E-state index contributed by atoms with van der Waals surface area (Å²) >= 11 is 3.51. The predicted octanol–water partition coefficient (Wildman–Crippen LogP) is 2.23. The molecule has 3 heteroatoms. The minimum absolute atomic E-state index is 0.292. The van der Waals surface area contributed by atoms with Gasteiger partial charge in [-0.15, -0.1) is 0 Å². The van der Waals surface area contributed by atoms with Crippen LogP contribution in [-0.4, -0.2) is 17.8 Å². The Kier molecular flexibility index (Phi) is 4.58. The fraction of sp³-hybridized carbons (Fsp3) is 0.455. The number of rotatable bonds is 4. The highest BCUT2D eigenvalue weighted by atomic mass is 79.9. The highest BCUT2D eigenvalue weighted by molar-refractivity contribution is 9.10. The van der Waals surface area contributed by atoms with Gasteiger partial charge in [-0.2, -0.15) is 0 Å². The molecule has 0 saturated carbocycles. The Morgan fingerprint density at radius 1 is 1.50 bits per heavy atom. The highest BCUT2D eigenvalue weighted by Gasteiger charge is 2.00. The lowest BCUT2D eigenvalue weighted by Gasteiger charge is -2.08. The van der Waals surface area contributed by atoms with E-state index >= 15 is 0 Å². The summed E-state index contributed by atoms with van der Waals surface area (Å²) in [5.41, 5.74) is 2.47. The summed E-state index contributed by atoms with van der Waals surface area (Å²) in [6.45, 7) is 5.25. The first-order chi connectivity index (χ1) is 6.59. The lowest BCUT2D eigenvalue weighted by atomic mass is 10.1. The van der Waals surface area contributed by atoms with Gasteiger partial charge in [-0.3, -0.25) is 0 Å². The predicted molar refractivity (Wildman–Crippen MR) is 62.3 cm³/mol. The average molecular weight is 258 g/mol. The van der Waals surface area contributed by atoms with E-state index in [1.807, 2.05) is 0 Å². The van der Waals surface area contributed by atoms with Crippen molar-refractivity contribution in [2.24, 2.45) is 0 Å². The second-order valence-electron chi connectivity index (χ2n) is 3.57. The summed E-state index contributed by atoms with van der Waals surface area (Å²) in [5, 5.41) is 12.3. The van der Waals surface area contributed by atoms with E-state index in [1.54, 1.807) is 6.92 Å². The van der Waals surface area contributed by atoms with Crippen molar-refractivity contribution in [3.63, 3.8) is 0 Å². The number of halogens is 1. The van der Waals surface area contributed by atoms with Gasteiger partial charge in [0.05, 0.1) is 6.10 Å². The van der Waals surface area contributed by atoms with Crippen LogP contribution >= 0.6 is 15.9 Å². The smallest absolute Gasteiger partial charge is 0.0636 e. The molecule has 1 atom stereocenters. The number of benzene rings is 1. The third-order valence-electron chi connectivity index (χ3n) is 1.96. The van der Waals surface area contributed by atoms with E-state index < -0.39 is 0 Å². The van der Waals surface area contributed by atoms with Gasteiger partial charge in [0.1, 0.15) is 0 Å². The molecule has 2 N–H and O–H groups in total. The van der Waals surface area contributed by atoms with Crippen LogP contribution in [0.15, 0.2) is 22.7 Å². The van der Waals surface area contributed by atoms with Gasteiger partial charge in [0.15, 0.2) is 0 Å². The topological polar surface area (TPSA) is 32.3 Å². The molecule has 0 radical (unpaired) electrons. The van der Waals surface area contributed by atoms with Crippen LogP contribution in [0, 0.1) is 6.92 Å². The van der Waals surface area contributed by atoms with Crippen molar-refractivity contribution in [2.75, 3.05) is 6.54 Å². The van der Waals surface area contributed by atoms with Crippen LogP contribution < -0.4 is 5.32 Å². The molecule has 0 heterocycles. The molecule has 0 aromatic heterocycles. The molecule has 0 aliphatic heterocycles. The van der Waals surface area contributed by atoms with Gasteiger partial charge >= 0.3 is 0 Å². The Balaban J connectivity index is 2.51. The van der Waals surface area contributed by atoms with Gasteiger partial charge in [0.25, 0.3) is 0 Å². The Morgan fingerprint density at radius 3 is 2.79 bits per heavy atom. The third-order valence-corrected chi connectivity index (χ3v) is 2.70. The van der Waals surface area contributed by atoms with Gasteiger partial charge in [-0.1, -0.05) is 28.1 Å². The molecule has 2 nitrogen and oxygen atoms in total. The van der Waals surface area contributed by atoms with Crippen LogP contribution in [-0.2, 0) is 6.54 Å². The van der Waals surface area contributed by atoms with E-state index in [9.17, 15) is 0 Å². The zero-order chi connectivity index (χ0) is 10.6. The minimum Gasteiger partial charge on any atom is -0.392 e. The van der Waals surface area contributed by atoms with E-state index in [1.165, 1.54) is 11.1 Å². The normalized spacial score (nSPS) is 12.9. The van der Waals surface area contributed by atoms with E-state index in [4.69, 9.17) is 5.11 Å². The molecule has 1 unspecified atom stereocenters. The molecule has 14 heavy (non-hydrogen) atoms. The van der Waals surface area contributed by atoms with Crippen LogP contribution in [0.4, 0.5) is 0 Å². The Bertz CT molecular complexity index is 299. The van der Waals surface area contributed by atoms with Gasteiger partial charge in [0, 0.05) is 17.6 Å². The number of aliphatic hydroxyl groups is 1. The third kappa shape index (κ3) is 3.78. The van der Waals surface area contributed by atoms with Crippen LogP contribution in [0.25, 0.3) is 0 Å². The van der Waals surface area contributed by atoms with Crippen molar-refractivity contribution < 1.29 is 5.11 Å². The Hall–Kier alpha value is -0.380. The number of nitrogens with one attached hydrogen (secondary N) is 1. The maximum absolute atomic E-state index is 9.07. The van der Waals surface area contributed by atoms with E-state index in [0.29, 0.717) is 6.54 Å². The maximum Gasteiger partial charge on any atom is 0.0636 e. The number of aryl methyl sites for hydroxylation is 1. The Morgan fingerprint density at radius 2 is 2.21 bits per heavy atom.